The molecule has 0 bridgehead atoms. The molecule has 0 aromatic heterocycles. The van der Waals surface area contributed by atoms with E-state index in [-0.39, 0.29) is 0 Å². The molecule has 64 valence electrons. The predicted octanol–water partition coefficient (Wildman–Crippen LogP) is 3.18. The molecule has 3 heteroatoms. The second kappa shape index (κ2) is 4.58. The molecule has 0 spiro atoms. The minimum absolute atomic E-state index is 0.778. The van der Waals surface area contributed by atoms with Crippen LogP contribution in [0.2, 0.25) is 0 Å². The van der Waals surface area contributed by atoms with Crippen LogP contribution in [0.25, 0.3) is 0 Å². The number of benzene rings is 1. The monoisotopic (exact) mass is 198 g/mol. The Morgan fingerprint density at radius 1 is 1.42 bits per heavy atom. The van der Waals surface area contributed by atoms with Crippen molar-refractivity contribution in [2.45, 2.75) is 11.8 Å². The third-order valence-electron chi connectivity index (χ3n) is 1.55. The van der Waals surface area contributed by atoms with Crippen molar-refractivity contribution >= 4 is 27.9 Å². The molecule has 0 N–H and O–H groups in total. The van der Waals surface area contributed by atoms with Crippen LogP contribution in [0, 0.1) is 6.92 Å². The van der Waals surface area contributed by atoms with Crippen molar-refractivity contribution in [2.24, 2.45) is 0 Å². The van der Waals surface area contributed by atoms with Crippen LogP contribution < -0.4 is 0 Å². The first-order valence-corrected chi connectivity index (χ1v) is 6.10. The molecule has 1 aromatic rings. The summed E-state index contributed by atoms with van der Waals surface area (Å²) in [7, 11) is 3.41. The van der Waals surface area contributed by atoms with E-state index in [1.165, 1.54) is 4.90 Å². The second-order valence-electron chi connectivity index (χ2n) is 2.39. The molecule has 0 aliphatic carbocycles. The number of aldehydes is 1. The number of hydrogen-bond donors (Lipinski definition) is 0. The van der Waals surface area contributed by atoms with Gasteiger partial charge in [0.05, 0.1) is 0 Å². The average molecular weight is 198 g/mol. The normalized spacial score (nSPS) is 9.83. The summed E-state index contributed by atoms with van der Waals surface area (Å²) in [4.78, 5) is 11.7. The van der Waals surface area contributed by atoms with Crippen LogP contribution in [0.4, 0.5) is 0 Å². The van der Waals surface area contributed by atoms with E-state index in [2.05, 4.69) is 0 Å². The van der Waals surface area contributed by atoms with E-state index in [9.17, 15) is 4.79 Å². The summed E-state index contributed by atoms with van der Waals surface area (Å²) in [6.07, 6.45) is 2.93. The van der Waals surface area contributed by atoms with Crippen LogP contribution in [0.15, 0.2) is 23.1 Å². The maximum Gasteiger partial charge on any atom is 0.150 e. The van der Waals surface area contributed by atoms with Crippen molar-refractivity contribution < 1.29 is 4.79 Å². The van der Waals surface area contributed by atoms with Gasteiger partial charge in [-0.2, -0.15) is 0 Å². The van der Waals surface area contributed by atoms with Crippen molar-refractivity contribution in [1.82, 2.24) is 0 Å². The summed E-state index contributed by atoms with van der Waals surface area (Å²) in [5.74, 6) is 0. The number of carbonyl (C=O) groups excluding carboxylic acids is 1. The molecule has 0 saturated heterocycles. The Hall–Kier alpha value is -0.410. The quantitative estimate of drug-likeness (QED) is 0.548. The molecule has 0 radical (unpaired) electrons. The van der Waals surface area contributed by atoms with Gasteiger partial charge in [0.2, 0.25) is 0 Å². The molecule has 0 fully saturated rings. The number of hydrogen-bond acceptors (Lipinski definition) is 3. The summed E-state index contributed by atoms with van der Waals surface area (Å²) in [6, 6.07) is 5.86. The van der Waals surface area contributed by atoms with Gasteiger partial charge < -0.3 is 0 Å². The second-order valence-corrected chi connectivity index (χ2v) is 4.86. The Balaban J connectivity index is 2.93. The summed E-state index contributed by atoms with van der Waals surface area (Å²) in [5, 5.41) is 0. The van der Waals surface area contributed by atoms with E-state index < -0.39 is 0 Å². The highest BCUT2D eigenvalue weighted by molar-refractivity contribution is 8.76. The summed E-state index contributed by atoms with van der Waals surface area (Å²) < 4.78 is 0. The molecule has 0 heterocycles. The van der Waals surface area contributed by atoms with E-state index in [0.717, 1.165) is 17.4 Å². The maximum atomic E-state index is 10.5. The number of aryl methyl sites for hydroxylation is 1. The zero-order chi connectivity index (χ0) is 8.97. The molecule has 1 aromatic carbocycles. The predicted molar refractivity (Wildman–Crippen MR) is 55.9 cm³/mol. The lowest BCUT2D eigenvalue weighted by atomic mass is 10.1. The Kier molecular flexibility index (Phi) is 3.69. The van der Waals surface area contributed by atoms with Gasteiger partial charge >= 0.3 is 0 Å². The first-order chi connectivity index (χ1) is 5.77. The lowest BCUT2D eigenvalue weighted by molar-refractivity contribution is 0.112. The van der Waals surface area contributed by atoms with E-state index in [1.807, 2.05) is 31.4 Å². The van der Waals surface area contributed by atoms with Gasteiger partial charge in [0, 0.05) is 10.5 Å². The van der Waals surface area contributed by atoms with Gasteiger partial charge in [0.1, 0.15) is 6.29 Å². The molecule has 0 unspecified atom stereocenters. The fourth-order valence-corrected chi connectivity index (χ4v) is 2.36. The molecule has 1 rings (SSSR count). The fraction of sp³-hybridized carbons (Fsp3) is 0.222. The van der Waals surface area contributed by atoms with Crippen LogP contribution >= 0.6 is 21.6 Å². The Bertz CT molecular complexity index is 284. The van der Waals surface area contributed by atoms with E-state index in [4.69, 9.17) is 0 Å². The van der Waals surface area contributed by atoms with Crippen LogP contribution in [-0.2, 0) is 0 Å². The standard InChI is InChI=1S/C9H10OS2/c1-7-5-9(12-11-2)4-3-8(7)6-10/h3-6H,1-2H3. The summed E-state index contributed by atoms with van der Waals surface area (Å²) >= 11 is 0. The van der Waals surface area contributed by atoms with E-state index in [0.29, 0.717) is 0 Å². The van der Waals surface area contributed by atoms with Gasteiger partial charge in [0.25, 0.3) is 0 Å². The SMILES string of the molecule is CSSc1ccc(C=O)c(C)c1. The molecule has 0 amide bonds. The first kappa shape index (κ1) is 9.68. The molecule has 0 aliphatic rings. The van der Waals surface area contributed by atoms with Crippen LogP contribution in [0.3, 0.4) is 0 Å². The van der Waals surface area contributed by atoms with Crippen molar-refractivity contribution in [3.63, 3.8) is 0 Å². The maximum absolute atomic E-state index is 10.5. The third-order valence-corrected chi connectivity index (χ3v) is 3.24. The van der Waals surface area contributed by atoms with Crippen molar-refractivity contribution in [1.29, 1.82) is 0 Å². The Labute approximate surface area is 80.3 Å². The smallest absolute Gasteiger partial charge is 0.150 e. The van der Waals surface area contributed by atoms with Gasteiger partial charge in [-0.05, 0) is 30.9 Å². The highest BCUT2D eigenvalue weighted by Crippen LogP contribution is 2.29. The van der Waals surface area contributed by atoms with Crippen molar-refractivity contribution in [3.8, 4) is 0 Å². The lowest BCUT2D eigenvalue weighted by Crippen LogP contribution is -1.84. The highest BCUT2D eigenvalue weighted by atomic mass is 33.1. The molecule has 0 saturated carbocycles. The lowest BCUT2D eigenvalue weighted by Gasteiger charge is -2.01. The molecular formula is C9H10OS2. The number of rotatable bonds is 3. The van der Waals surface area contributed by atoms with Gasteiger partial charge in [-0.25, -0.2) is 0 Å². The van der Waals surface area contributed by atoms with Crippen LogP contribution in [0.5, 0.6) is 0 Å². The molecular weight excluding hydrogens is 188 g/mol. The fourth-order valence-electron chi connectivity index (χ4n) is 0.928. The minimum atomic E-state index is 0.778. The molecule has 0 aliphatic heterocycles. The highest BCUT2D eigenvalue weighted by Gasteiger charge is 1.98. The van der Waals surface area contributed by atoms with E-state index in [1.54, 1.807) is 21.6 Å². The number of carbonyl (C=O) groups is 1. The zero-order valence-electron chi connectivity index (χ0n) is 7.03. The van der Waals surface area contributed by atoms with Gasteiger partial charge in [-0.3, -0.25) is 4.79 Å². The Morgan fingerprint density at radius 2 is 2.17 bits per heavy atom. The first-order valence-electron chi connectivity index (χ1n) is 3.54. The van der Waals surface area contributed by atoms with E-state index >= 15 is 0 Å². The van der Waals surface area contributed by atoms with Gasteiger partial charge in [-0.1, -0.05) is 27.7 Å². The molecule has 0 atom stereocenters. The largest absolute Gasteiger partial charge is 0.298 e. The minimum Gasteiger partial charge on any atom is -0.298 e. The third kappa shape index (κ3) is 2.29. The average Bonchev–Trinajstić information content (AvgIpc) is 2.05. The van der Waals surface area contributed by atoms with Crippen molar-refractivity contribution in [2.75, 3.05) is 6.26 Å². The topological polar surface area (TPSA) is 17.1 Å². The van der Waals surface area contributed by atoms with Gasteiger partial charge in [-0.15, -0.1) is 0 Å². The summed E-state index contributed by atoms with van der Waals surface area (Å²) in [5.41, 5.74) is 1.82. The van der Waals surface area contributed by atoms with Gasteiger partial charge in [0.15, 0.2) is 0 Å². The summed E-state index contributed by atoms with van der Waals surface area (Å²) in [6.45, 7) is 1.95. The van der Waals surface area contributed by atoms with Crippen LogP contribution in [0.1, 0.15) is 15.9 Å². The van der Waals surface area contributed by atoms with Crippen LogP contribution in [-0.4, -0.2) is 12.5 Å². The zero-order valence-corrected chi connectivity index (χ0v) is 8.67. The Morgan fingerprint density at radius 3 is 2.67 bits per heavy atom. The van der Waals surface area contributed by atoms with Crippen molar-refractivity contribution in [3.05, 3.63) is 29.3 Å². The molecule has 1 nitrogen and oxygen atoms in total. The molecule has 12 heavy (non-hydrogen) atoms.